The Morgan fingerprint density at radius 3 is 2.41 bits per heavy atom. The van der Waals surface area contributed by atoms with Gasteiger partial charge in [-0.25, -0.2) is 0 Å². The van der Waals surface area contributed by atoms with E-state index in [2.05, 4.69) is 111 Å². The van der Waals surface area contributed by atoms with E-state index < -0.39 is 0 Å². The summed E-state index contributed by atoms with van der Waals surface area (Å²) in [6.07, 6.45) is 13.4. The molecule has 1 N–H and O–H groups in total. The second-order valence-electron chi connectivity index (χ2n) is 12.6. The minimum Gasteiger partial charge on any atom is -0.368 e. The van der Waals surface area contributed by atoms with Crippen molar-refractivity contribution >= 4 is 17.3 Å². The Kier molecular flexibility index (Phi) is 10.5. The average molecular weight is 560 g/mol. The molecule has 2 fully saturated rings. The molecule has 0 saturated carbocycles. The molecule has 6 heteroatoms. The number of aliphatic imine (C=N–C) groups is 1. The van der Waals surface area contributed by atoms with E-state index in [1.54, 1.807) is 0 Å². The van der Waals surface area contributed by atoms with E-state index in [0.29, 0.717) is 18.4 Å². The van der Waals surface area contributed by atoms with Crippen molar-refractivity contribution in [1.82, 2.24) is 15.1 Å². The first-order valence-corrected chi connectivity index (χ1v) is 15.9. The third-order valence-corrected chi connectivity index (χ3v) is 8.96. The van der Waals surface area contributed by atoms with Gasteiger partial charge in [0, 0.05) is 68.8 Å². The molecular weight excluding hydrogens is 506 g/mol. The van der Waals surface area contributed by atoms with Gasteiger partial charge in [-0.2, -0.15) is 0 Å². The summed E-state index contributed by atoms with van der Waals surface area (Å²) >= 11 is 0. The van der Waals surface area contributed by atoms with E-state index in [1.165, 1.54) is 28.1 Å². The first kappa shape index (κ1) is 31.1. The molecule has 1 amide bonds. The molecular formula is C35H53N5O. The van der Waals surface area contributed by atoms with Crippen molar-refractivity contribution in [3.05, 3.63) is 64.9 Å². The number of benzene rings is 1. The number of nitrogens with zero attached hydrogens (tertiary/aromatic N) is 4. The minimum absolute atomic E-state index is 0.265. The fraction of sp³-hybridized carbons (Fsp3) is 0.600. The second kappa shape index (κ2) is 13.9. The van der Waals surface area contributed by atoms with Crippen LogP contribution >= 0.6 is 0 Å². The van der Waals surface area contributed by atoms with Gasteiger partial charge in [0.1, 0.15) is 5.66 Å². The van der Waals surface area contributed by atoms with Crippen molar-refractivity contribution in [3.8, 4) is 0 Å². The van der Waals surface area contributed by atoms with Crippen LogP contribution in [0.4, 0.5) is 5.69 Å². The van der Waals surface area contributed by atoms with Gasteiger partial charge in [0.15, 0.2) is 0 Å². The maximum atomic E-state index is 13.1. The lowest BCUT2D eigenvalue weighted by Crippen LogP contribution is -2.63. The van der Waals surface area contributed by atoms with Gasteiger partial charge in [-0.1, -0.05) is 44.6 Å². The number of nitrogens with one attached hydrogen (secondary N) is 1. The Morgan fingerprint density at radius 1 is 1.10 bits per heavy atom. The maximum absolute atomic E-state index is 13.1. The number of piperazine rings is 1. The summed E-state index contributed by atoms with van der Waals surface area (Å²) in [7, 11) is 0. The van der Waals surface area contributed by atoms with E-state index in [4.69, 9.17) is 4.99 Å². The molecule has 0 radical (unpaired) electrons. The van der Waals surface area contributed by atoms with Gasteiger partial charge in [-0.3, -0.25) is 14.7 Å². The Balaban J connectivity index is 1.20. The summed E-state index contributed by atoms with van der Waals surface area (Å²) in [5.41, 5.74) is 7.29. The van der Waals surface area contributed by atoms with Crippen molar-refractivity contribution in [2.75, 3.05) is 44.2 Å². The number of amides is 1. The summed E-state index contributed by atoms with van der Waals surface area (Å²) < 4.78 is 0. The third-order valence-electron chi connectivity index (χ3n) is 8.96. The van der Waals surface area contributed by atoms with Crippen LogP contribution in [0.3, 0.4) is 0 Å². The highest BCUT2D eigenvalue weighted by molar-refractivity contribution is 6.00. The number of anilines is 1. The van der Waals surface area contributed by atoms with Crippen LogP contribution in [0.1, 0.15) is 77.8 Å². The van der Waals surface area contributed by atoms with Crippen molar-refractivity contribution in [2.45, 2.75) is 92.3 Å². The molecule has 2 saturated heterocycles. The molecule has 3 aliphatic rings. The van der Waals surface area contributed by atoms with Gasteiger partial charge >= 0.3 is 0 Å². The van der Waals surface area contributed by atoms with E-state index in [9.17, 15) is 4.79 Å². The number of hydrogen-bond donors (Lipinski definition) is 1. The van der Waals surface area contributed by atoms with Gasteiger partial charge in [0.2, 0.25) is 5.91 Å². The molecule has 0 spiro atoms. The number of allylic oxidation sites excluding steroid dienone is 5. The van der Waals surface area contributed by atoms with Crippen LogP contribution in [0, 0.1) is 19.8 Å². The first-order chi connectivity index (χ1) is 19.6. The Morgan fingerprint density at radius 2 is 1.83 bits per heavy atom. The molecule has 2 aliphatic heterocycles. The normalized spacial score (nSPS) is 21.1. The van der Waals surface area contributed by atoms with Crippen LogP contribution in [0.15, 0.2) is 58.8 Å². The number of aryl methyl sites for hydroxylation is 2. The molecule has 224 valence electrons. The highest BCUT2D eigenvalue weighted by Crippen LogP contribution is 2.27. The fourth-order valence-electron chi connectivity index (χ4n) is 6.24. The van der Waals surface area contributed by atoms with Crippen molar-refractivity contribution in [1.29, 1.82) is 0 Å². The maximum Gasteiger partial charge on any atom is 0.223 e. The van der Waals surface area contributed by atoms with Crippen LogP contribution in [0.5, 0.6) is 0 Å². The molecule has 41 heavy (non-hydrogen) atoms. The van der Waals surface area contributed by atoms with E-state index in [-0.39, 0.29) is 11.6 Å². The van der Waals surface area contributed by atoms with Crippen LogP contribution in [0.2, 0.25) is 0 Å². The second-order valence-corrected chi connectivity index (χ2v) is 12.6. The molecule has 0 bridgehead atoms. The van der Waals surface area contributed by atoms with Crippen LogP contribution < -0.4 is 10.2 Å². The predicted octanol–water partition coefficient (Wildman–Crippen LogP) is 6.41. The van der Waals surface area contributed by atoms with Crippen LogP contribution in [-0.2, 0) is 4.79 Å². The smallest absolute Gasteiger partial charge is 0.223 e. The highest BCUT2D eigenvalue weighted by Gasteiger charge is 2.34. The summed E-state index contributed by atoms with van der Waals surface area (Å²) in [5, 5.41) is 3.62. The van der Waals surface area contributed by atoms with Gasteiger partial charge < -0.3 is 15.1 Å². The molecule has 1 aliphatic carbocycles. The standard InChI is InChI=1S/C35H53N5O/c1-8-11-29(9-2)33(10-3)37-35(6,7)36-30-15-13-28(14-16-30)23-34(41)39-20-18-38(19-21-39)32-24-40(25-32)31-17-12-26(4)27(5)22-31/h9,12-13,15-17,22,28,32,36H,8,10-11,14,18-21,23-25H2,1-7H3/b29-9-,37-33-. The van der Waals surface area contributed by atoms with E-state index >= 15 is 0 Å². The number of hydrogen-bond acceptors (Lipinski definition) is 5. The lowest BCUT2D eigenvalue weighted by atomic mass is 9.94. The summed E-state index contributed by atoms with van der Waals surface area (Å²) in [5.74, 6) is 0.558. The van der Waals surface area contributed by atoms with Crippen LogP contribution in [-0.4, -0.2) is 72.4 Å². The monoisotopic (exact) mass is 559 g/mol. The predicted molar refractivity (Wildman–Crippen MR) is 174 cm³/mol. The van der Waals surface area contributed by atoms with Crippen molar-refractivity contribution in [2.24, 2.45) is 10.9 Å². The molecule has 1 atom stereocenters. The molecule has 6 nitrogen and oxygen atoms in total. The third kappa shape index (κ3) is 8.12. The number of carbonyl (C=O) groups is 1. The minimum atomic E-state index is -0.387. The van der Waals surface area contributed by atoms with E-state index in [0.717, 1.165) is 70.6 Å². The van der Waals surface area contributed by atoms with Crippen molar-refractivity contribution < 1.29 is 4.79 Å². The highest BCUT2D eigenvalue weighted by atomic mass is 16.2. The summed E-state index contributed by atoms with van der Waals surface area (Å²) in [4.78, 5) is 25.4. The zero-order chi connectivity index (χ0) is 29.6. The first-order valence-electron chi connectivity index (χ1n) is 15.9. The molecule has 1 unspecified atom stereocenters. The van der Waals surface area contributed by atoms with Gasteiger partial charge in [-0.05, 0) is 94.7 Å². The number of rotatable bonds is 11. The molecule has 2 heterocycles. The van der Waals surface area contributed by atoms with Gasteiger partial charge in [0.25, 0.3) is 0 Å². The van der Waals surface area contributed by atoms with E-state index in [1.807, 2.05) is 0 Å². The lowest BCUT2D eigenvalue weighted by molar-refractivity contribution is -0.134. The molecule has 0 aromatic heterocycles. The van der Waals surface area contributed by atoms with Gasteiger partial charge in [-0.15, -0.1) is 0 Å². The summed E-state index contributed by atoms with van der Waals surface area (Å²) in [6.45, 7) is 21.0. The largest absolute Gasteiger partial charge is 0.368 e. The molecule has 1 aromatic carbocycles. The van der Waals surface area contributed by atoms with Crippen molar-refractivity contribution in [3.63, 3.8) is 0 Å². The zero-order valence-electron chi connectivity index (χ0n) is 26.7. The molecule has 4 rings (SSSR count). The van der Waals surface area contributed by atoms with Gasteiger partial charge in [0.05, 0.1) is 0 Å². The topological polar surface area (TPSA) is 51.2 Å². The lowest BCUT2D eigenvalue weighted by Gasteiger charge is -2.49. The zero-order valence-corrected chi connectivity index (χ0v) is 26.7. The Hall–Kier alpha value is -2.86. The SMILES string of the molecule is C/C=C(CCC)\C(CC)=N/C(C)(C)NC1=CCC(CC(=O)N2CCN(C3CN(c4ccc(C)c(C)c4)C3)CC2)C=C1. The van der Waals surface area contributed by atoms with Crippen LogP contribution in [0.25, 0.3) is 0 Å². The number of carbonyl (C=O) groups excluding carboxylic acids is 1. The molecule has 1 aromatic rings. The Bertz CT molecular complexity index is 1180. The average Bonchev–Trinajstić information content (AvgIpc) is 2.93. The summed E-state index contributed by atoms with van der Waals surface area (Å²) in [6, 6.07) is 7.38. The Labute approximate surface area is 249 Å². The fourth-order valence-corrected chi connectivity index (χ4v) is 6.24. The quantitative estimate of drug-likeness (QED) is 0.318.